The molecule has 1 aliphatic rings. The molecule has 1 fully saturated rings. The average Bonchev–Trinajstić information content (AvgIpc) is 2.90. The Balaban J connectivity index is 1.79. The Morgan fingerprint density at radius 1 is 0.718 bits per heavy atom. The molecule has 0 aliphatic carbocycles. The van der Waals surface area contributed by atoms with E-state index < -0.39 is 35.0 Å². The molecule has 3 aromatic rings. The number of benzene rings is 3. The van der Waals surface area contributed by atoms with Crippen molar-refractivity contribution in [3.63, 3.8) is 0 Å². The van der Waals surface area contributed by atoms with Crippen molar-refractivity contribution < 1.29 is 20.6 Å². The van der Waals surface area contributed by atoms with E-state index in [2.05, 4.69) is 4.90 Å². The van der Waals surface area contributed by atoms with Crippen LogP contribution in [0.1, 0.15) is 16.7 Å². The fourth-order valence-corrected chi connectivity index (χ4v) is 12.1. The van der Waals surface area contributed by atoms with Crippen molar-refractivity contribution in [2.45, 2.75) is 30.2 Å². The minimum Gasteiger partial charge on any atom is -0.473 e. The first-order valence-corrected chi connectivity index (χ1v) is 17.3. The zero-order valence-electron chi connectivity index (χ0n) is 22.3. The third-order valence-corrected chi connectivity index (χ3v) is 14.8. The summed E-state index contributed by atoms with van der Waals surface area (Å²) < 4.78 is 64.9. The van der Waals surface area contributed by atoms with Crippen LogP contribution in [0.15, 0.2) is 88.7 Å². The molecule has 0 amide bonds. The monoisotopic (exact) mass is 586 g/mol. The van der Waals surface area contributed by atoms with Crippen molar-refractivity contribution in [3.05, 3.63) is 95.6 Å². The molecule has 39 heavy (non-hydrogen) atoms. The summed E-state index contributed by atoms with van der Waals surface area (Å²) >= 11 is -3.29. The van der Waals surface area contributed by atoms with Crippen molar-refractivity contribution in [2.75, 3.05) is 39.3 Å². The smallest absolute Gasteiger partial charge is 0.473 e. The van der Waals surface area contributed by atoms with Gasteiger partial charge in [-0.2, -0.15) is 0 Å². The first-order chi connectivity index (χ1) is 18.6. The lowest BCUT2D eigenvalue weighted by Crippen LogP contribution is -2.63. The average molecular weight is 587 g/mol. The number of nitrogens with zero attached hydrogens (tertiary/aromatic N) is 3. The zero-order chi connectivity index (χ0) is 28.0. The summed E-state index contributed by atoms with van der Waals surface area (Å²) in [4.78, 5) is 2.28. The molecular weight excluding hydrogens is 551 g/mol. The highest BCUT2D eigenvalue weighted by atomic mass is 32.2. The van der Waals surface area contributed by atoms with Crippen LogP contribution in [0.3, 0.4) is 0 Å². The van der Waals surface area contributed by atoms with E-state index in [1.165, 1.54) is 6.58 Å². The quantitative estimate of drug-likeness (QED) is 0.383. The van der Waals surface area contributed by atoms with Crippen molar-refractivity contribution >= 4 is 35.0 Å². The van der Waals surface area contributed by atoms with Crippen molar-refractivity contribution in [2.24, 2.45) is 5.73 Å². The van der Waals surface area contributed by atoms with Gasteiger partial charge in [0.05, 0.1) is 9.79 Å². The summed E-state index contributed by atoms with van der Waals surface area (Å²) in [5.41, 5.74) is 8.65. The molecule has 12 heteroatoms. The van der Waals surface area contributed by atoms with Crippen molar-refractivity contribution in [3.8, 4) is 0 Å². The molecule has 208 valence electrons. The van der Waals surface area contributed by atoms with Crippen LogP contribution in [0.25, 0.3) is 0 Å². The number of aryl methyl sites for hydroxylation is 2. The predicted octanol–water partition coefficient (Wildman–Crippen LogP) is 2.46. The molecule has 0 atom stereocenters. The first-order valence-electron chi connectivity index (χ1n) is 12.9. The molecule has 0 spiro atoms. The number of sulfonamides is 2. The molecule has 9 nitrogen and oxygen atoms in total. The van der Waals surface area contributed by atoms with Crippen LogP contribution in [0.5, 0.6) is 0 Å². The van der Waals surface area contributed by atoms with E-state index in [0.717, 1.165) is 16.7 Å². The van der Waals surface area contributed by atoms with Gasteiger partial charge < -0.3 is 9.52 Å². The SMILES string of the molecule is Cc1ccc(S(=O)(=O)[N]2CCN(Cc3ccccc3)CC[N](S(=O)(=O)c3ccc(C)cc3)[Al]2[O]CCN)cc1. The van der Waals surface area contributed by atoms with Crippen LogP contribution in [-0.4, -0.2) is 82.6 Å². The Morgan fingerprint density at radius 2 is 1.18 bits per heavy atom. The Hall–Kier alpha value is -2.11. The number of nitrogens with two attached hydrogens (primary N) is 1. The summed E-state index contributed by atoms with van der Waals surface area (Å²) in [5, 5.41) is 0. The standard InChI is InChI=1S/C25H29N3O4S2.C2H6NO.Al/c1-21-8-12-24(13-9-21)33(29,30)26-16-18-28(20-23-6-4-3-5-7-23)19-17-27-34(31,32)25-14-10-22(2)11-15-25;3-1-2-4;/h3-15H,16-20H2,1-2H3;1-3H2;/q-2;-1;+3. The molecule has 4 rings (SSSR count). The van der Waals surface area contributed by atoms with Gasteiger partial charge in [-0.25, -0.2) is 23.4 Å². The third kappa shape index (κ3) is 7.16. The lowest BCUT2D eigenvalue weighted by Gasteiger charge is -2.38. The zero-order valence-corrected chi connectivity index (χ0v) is 25.1. The molecule has 1 saturated heterocycles. The minimum atomic E-state index is -4.08. The summed E-state index contributed by atoms with van der Waals surface area (Å²) in [6, 6.07) is 23.0. The molecule has 1 heterocycles. The van der Waals surface area contributed by atoms with E-state index in [1.807, 2.05) is 44.2 Å². The molecule has 2 N–H and O–H groups in total. The van der Waals surface area contributed by atoms with Gasteiger partial charge >= 0.3 is 14.9 Å². The Labute approximate surface area is 237 Å². The molecule has 0 saturated carbocycles. The highest BCUT2D eigenvalue weighted by molar-refractivity contribution is 7.92. The van der Waals surface area contributed by atoms with Gasteiger partial charge in [-0.05, 0) is 43.7 Å². The third-order valence-electron chi connectivity index (χ3n) is 6.65. The topological polar surface area (TPSA) is 113 Å². The molecule has 3 aromatic carbocycles. The van der Waals surface area contributed by atoms with Gasteiger partial charge in [0.1, 0.15) is 0 Å². The Morgan fingerprint density at radius 3 is 1.62 bits per heavy atom. The molecular formula is C27H35AlN4O5S2. The summed E-state index contributed by atoms with van der Waals surface area (Å²) in [6.07, 6.45) is 0. The molecule has 1 aliphatic heterocycles. The maximum absolute atomic E-state index is 14.1. The van der Waals surface area contributed by atoms with Gasteiger partial charge in [0.25, 0.3) is 0 Å². The lowest BCUT2D eigenvalue weighted by atomic mass is 10.2. The molecule has 0 radical (unpaired) electrons. The van der Waals surface area contributed by atoms with E-state index >= 15 is 0 Å². The predicted molar refractivity (Wildman–Crippen MR) is 153 cm³/mol. The summed E-state index contributed by atoms with van der Waals surface area (Å²) in [6.45, 7) is 5.53. The van der Waals surface area contributed by atoms with Crippen LogP contribution < -0.4 is 5.73 Å². The van der Waals surface area contributed by atoms with Gasteiger partial charge in [-0.1, -0.05) is 65.7 Å². The van der Waals surface area contributed by atoms with Crippen LogP contribution in [-0.2, 0) is 30.4 Å². The van der Waals surface area contributed by atoms with Crippen LogP contribution in [0, 0.1) is 13.8 Å². The van der Waals surface area contributed by atoms with Crippen LogP contribution in [0.4, 0.5) is 0 Å². The second-order valence-corrected chi connectivity index (χ2v) is 16.4. The van der Waals surface area contributed by atoms with E-state index in [-0.39, 0.29) is 36.0 Å². The second-order valence-electron chi connectivity index (χ2n) is 9.61. The fourth-order valence-electron chi connectivity index (χ4n) is 4.46. The maximum atomic E-state index is 14.1. The van der Waals surface area contributed by atoms with Gasteiger partial charge in [0, 0.05) is 45.9 Å². The fraction of sp³-hybridized carbons (Fsp3) is 0.333. The molecule has 0 unspecified atom stereocenters. The maximum Gasteiger partial charge on any atom is 0.734 e. The second kappa shape index (κ2) is 13.0. The van der Waals surface area contributed by atoms with Gasteiger partial charge in [0.2, 0.25) is 20.0 Å². The van der Waals surface area contributed by atoms with E-state index in [9.17, 15) is 16.8 Å². The van der Waals surface area contributed by atoms with Crippen LogP contribution in [0.2, 0.25) is 0 Å². The van der Waals surface area contributed by atoms with E-state index in [0.29, 0.717) is 19.6 Å². The number of hydrogen-bond acceptors (Lipinski definition) is 7. The first kappa shape index (κ1) is 29.9. The van der Waals surface area contributed by atoms with Gasteiger partial charge in [-0.3, -0.25) is 4.90 Å². The molecule has 0 bridgehead atoms. The largest absolute Gasteiger partial charge is 0.734 e. The van der Waals surface area contributed by atoms with Crippen molar-refractivity contribution in [1.29, 1.82) is 0 Å². The summed E-state index contributed by atoms with van der Waals surface area (Å²) in [5.74, 6) is 0. The highest BCUT2D eigenvalue weighted by Gasteiger charge is 2.52. The van der Waals surface area contributed by atoms with Gasteiger partial charge in [0.15, 0.2) is 0 Å². The van der Waals surface area contributed by atoms with Crippen LogP contribution >= 0.6 is 0 Å². The highest BCUT2D eigenvalue weighted by Crippen LogP contribution is 2.26. The van der Waals surface area contributed by atoms with Gasteiger partial charge in [-0.15, -0.1) is 0 Å². The van der Waals surface area contributed by atoms with E-state index in [4.69, 9.17) is 9.52 Å². The van der Waals surface area contributed by atoms with E-state index in [1.54, 1.807) is 48.5 Å². The normalized spacial score (nSPS) is 16.6. The molecule has 0 aromatic heterocycles. The van der Waals surface area contributed by atoms with Crippen molar-refractivity contribution in [1.82, 2.24) is 11.5 Å². The number of rotatable bonds is 9. The summed E-state index contributed by atoms with van der Waals surface area (Å²) in [7, 11) is -8.16. The Kier molecular flexibility index (Phi) is 9.98. The Bertz CT molecular complexity index is 1350. The minimum absolute atomic E-state index is 0.0461. The lowest BCUT2D eigenvalue weighted by molar-refractivity contribution is 0.200. The number of hydrogen-bond donors (Lipinski definition) is 1.